The van der Waals surface area contributed by atoms with Crippen LogP contribution < -0.4 is 16.3 Å². The summed E-state index contributed by atoms with van der Waals surface area (Å²) in [6.45, 7) is 0.663. The first-order valence-electron chi connectivity index (χ1n) is 10.7. The van der Waals surface area contributed by atoms with Gasteiger partial charge in [0.2, 0.25) is 0 Å². The number of hydrogen-bond donors (Lipinski definition) is 3. The number of H-pyrrole nitrogens is 1. The van der Waals surface area contributed by atoms with Crippen LogP contribution in [0.1, 0.15) is 25.1 Å². The van der Waals surface area contributed by atoms with Gasteiger partial charge in [-0.05, 0) is 42.3 Å². The molecule has 2 aromatic rings. The van der Waals surface area contributed by atoms with Gasteiger partial charge in [-0.15, -0.1) is 0 Å². The van der Waals surface area contributed by atoms with Crippen LogP contribution in [0, 0.1) is 5.82 Å². The van der Waals surface area contributed by atoms with E-state index in [2.05, 4.69) is 25.4 Å². The number of aromatic nitrogens is 2. The number of hydrogen-bond acceptors (Lipinski definition) is 10. The molecule has 2 heterocycles. The van der Waals surface area contributed by atoms with Crippen LogP contribution in [0.4, 0.5) is 10.1 Å². The molecule has 0 radical (unpaired) electrons. The van der Waals surface area contributed by atoms with E-state index in [0.29, 0.717) is 0 Å². The van der Waals surface area contributed by atoms with Crippen LogP contribution in [-0.4, -0.2) is 57.5 Å². The number of carbonyl (C=O) groups excluding carboxylic acids is 1. The van der Waals surface area contributed by atoms with Crippen molar-refractivity contribution >= 4 is 41.5 Å². The Morgan fingerprint density at radius 2 is 2.08 bits per heavy atom. The third-order valence-electron chi connectivity index (χ3n) is 5.33. The molecule has 1 saturated heterocycles. The number of aliphatic hydroxyl groups is 1. The first kappa shape index (κ1) is 28.9. The van der Waals surface area contributed by atoms with Crippen molar-refractivity contribution < 1.29 is 42.4 Å². The van der Waals surface area contributed by atoms with E-state index in [4.69, 9.17) is 14.1 Å². The molecule has 16 heteroatoms. The fourth-order valence-electron chi connectivity index (χ4n) is 3.49. The van der Waals surface area contributed by atoms with Gasteiger partial charge in [0.15, 0.2) is 6.04 Å². The molecule has 0 amide bonds. The molecule has 1 aliphatic rings. The topological polar surface area (TPSA) is 170 Å². The number of phosphoric acid groups is 1. The molecule has 0 bridgehead atoms. The van der Waals surface area contributed by atoms with Crippen LogP contribution in [0.5, 0.6) is 0 Å². The number of rotatable bonds is 10. The molecule has 0 aliphatic carbocycles. The molecule has 1 aromatic heterocycles. The summed E-state index contributed by atoms with van der Waals surface area (Å²) in [7, 11) is -3.73. The van der Waals surface area contributed by atoms with Gasteiger partial charge in [-0.25, -0.2) is 23.6 Å². The highest BCUT2D eigenvalue weighted by atomic mass is 79.9. The molecular weight excluding hydrogens is 584 g/mol. The van der Waals surface area contributed by atoms with Crippen molar-refractivity contribution in [3.63, 3.8) is 0 Å². The third-order valence-corrected chi connectivity index (χ3v) is 6.48. The molecule has 1 aliphatic heterocycles. The van der Waals surface area contributed by atoms with Crippen molar-refractivity contribution in [2.45, 2.75) is 37.8 Å². The van der Waals surface area contributed by atoms with Gasteiger partial charge < -0.3 is 14.4 Å². The van der Waals surface area contributed by atoms with E-state index in [1.165, 1.54) is 43.4 Å². The van der Waals surface area contributed by atoms with Crippen LogP contribution >= 0.6 is 23.8 Å². The maximum absolute atomic E-state index is 13.2. The number of anilines is 1. The van der Waals surface area contributed by atoms with E-state index in [1.54, 1.807) is 0 Å². The molecule has 3 N–H and O–H groups in total. The first-order valence-corrected chi connectivity index (χ1v) is 13.1. The normalized spacial score (nSPS) is 22.1. The predicted molar refractivity (Wildman–Crippen MR) is 131 cm³/mol. The second-order valence-electron chi connectivity index (χ2n) is 7.81. The lowest BCUT2D eigenvalue weighted by molar-refractivity contribution is -0.139. The number of nitrogens with one attached hydrogen (secondary N) is 1. The summed E-state index contributed by atoms with van der Waals surface area (Å²) < 4.78 is 41.7. The number of benzene rings is 1. The summed E-state index contributed by atoms with van der Waals surface area (Å²) >= 11 is 3.04. The zero-order chi connectivity index (χ0) is 27.3. The summed E-state index contributed by atoms with van der Waals surface area (Å²) in [5, 5.41) is 11.4. The maximum atomic E-state index is 13.2. The minimum atomic E-state index is -4.97. The van der Waals surface area contributed by atoms with Crippen molar-refractivity contribution in [3.05, 3.63) is 67.7 Å². The zero-order valence-electron chi connectivity index (χ0n) is 19.5. The monoisotopic (exact) mass is 607 g/mol. The Bertz CT molecular complexity index is 1300. The SMILES string of the molecule is CON(c1ccc(F)cc1)[C@@H](C)C(=O)OP(=O)(O)OC[C@H]1O[C@@H](n2cc(/C=C/Br)c(=O)[nH]c2=O)C[C@@H]1O. The number of halogens is 2. The Labute approximate surface area is 217 Å². The molecule has 1 aromatic carbocycles. The third kappa shape index (κ3) is 7.23. The lowest BCUT2D eigenvalue weighted by Gasteiger charge is -2.27. The van der Waals surface area contributed by atoms with Crippen molar-refractivity contribution in [3.8, 4) is 0 Å². The molecule has 1 unspecified atom stereocenters. The highest BCUT2D eigenvalue weighted by Gasteiger charge is 2.39. The molecule has 0 saturated carbocycles. The van der Waals surface area contributed by atoms with Crippen LogP contribution in [0.2, 0.25) is 0 Å². The average molecular weight is 608 g/mol. The van der Waals surface area contributed by atoms with Crippen molar-refractivity contribution in [2.24, 2.45) is 0 Å². The summed E-state index contributed by atoms with van der Waals surface area (Å²) in [5.74, 6) is -1.70. The van der Waals surface area contributed by atoms with Gasteiger partial charge in [-0.1, -0.05) is 15.9 Å². The van der Waals surface area contributed by atoms with E-state index in [1.807, 2.05) is 0 Å². The van der Waals surface area contributed by atoms with Crippen LogP contribution in [0.25, 0.3) is 6.08 Å². The molecule has 3 rings (SSSR count). The van der Waals surface area contributed by atoms with E-state index >= 15 is 0 Å². The average Bonchev–Trinajstić information content (AvgIpc) is 3.21. The van der Waals surface area contributed by atoms with E-state index in [0.717, 1.165) is 21.8 Å². The fraction of sp³-hybridized carbons (Fsp3) is 0.381. The number of nitrogens with zero attached hydrogens (tertiary/aromatic N) is 2. The molecular formula is C21H24BrFN3O10P. The predicted octanol–water partition coefficient (Wildman–Crippen LogP) is 1.81. The first-order chi connectivity index (χ1) is 17.5. The van der Waals surface area contributed by atoms with Gasteiger partial charge in [-0.3, -0.25) is 28.6 Å². The van der Waals surface area contributed by atoms with Crippen molar-refractivity contribution in [2.75, 3.05) is 18.8 Å². The van der Waals surface area contributed by atoms with Gasteiger partial charge in [0.25, 0.3) is 5.56 Å². The lowest BCUT2D eigenvalue weighted by Crippen LogP contribution is -2.39. The zero-order valence-corrected chi connectivity index (χ0v) is 22.0. The van der Waals surface area contributed by atoms with Gasteiger partial charge in [-0.2, -0.15) is 0 Å². The summed E-state index contributed by atoms with van der Waals surface area (Å²) in [6, 6.07) is 3.71. The second-order valence-corrected chi connectivity index (χ2v) is 9.72. The lowest BCUT2D eigenvalue weighted by atomic mass is 10.2. The molecule has 5 atom stereocenters. The number of phosphoric ester groups is 1. The Morgan fingerprint density at radius 1 is 1.41 bits per heavy atom. The highest BCUT2D eigenvalue weighted by Crippen LogP contribution is 2.45. The van der Waals surface area contributed by atoms with E-state index in [9.17, 15) is 33.3 Å². The minimum Gasteiger partial charge on any atom is -0.390 e. The van der Waals surface area contributed by atoms with Crippen molar-refractivity contribution in [1.82, 2.24) is 9.55 Å². The fourth-order valence-corrected chi connectivity index (χ4v) is 4.54. The summed E-state index contributed by atoms with van der Waals surface area (Å²) in [6.07, 6.45) is -0.838. The van der Waals surface area contributed by atoms with Crippen LogP contribution in [-0.2, 0) is 28.0 Å². The quantitative estimate of drug-likeness (QED) is 0.266. The smallest absolute Gasteiger partial charge is 0.390 e. The van der Waals surface area contributed by atoms with Gasteiger partial charge >= 0.3 is 19.5 Å². The Morgan fingerprint density at radius 3 is 2.70 bits per heavy atom. The number of hydroxylamine groups is 1. The summed E-state index contributed by atoms with van der Waals surface area (Å²) in [5.41, 5.74) is -0.988. The Hall–Kier alpha value is -2.65. The molecule has 37 heavy (non-hydrogen) atoms. The molecule has 202 valence electrons. The number of aliphatic hydroxyl groups excluding tert-OH is 1. The molecule has 0 spiro atoms. The Kier molecular flexibility index (Phi) is 9.58. The molecule has 1 fully saturated rings. The van der Waals surface area contributed by atoms with E-state index in [-0.39, 0.29) is 17.7 Å². The standard InChI is InChI=1S/C21H24BrFN3O10P/c1-12(26(33-2)15-5-3-14(23)4-6-15)20(29)36-37(31,32)34-11-17-16(27)9-18(35-17)25-10-13(7-8-22)19(28)24-21(25)30/h3-8,10,12,16-18,27H,9,11H2,1-2H3,(H,31,32)(H,24,28,30)/b8-7+/t12-,16-,17+,18+/m0/s1. The van der Waals surface area contributed by atoms with E-state index < -0.39 is 61.9 Å². The van der Waals surface area contributed by atoms with Gasteiger partial charge in [0.05, 0.1) is 31.1 Å². The highest BCUT2D eigenvalue weighted by molar-refractivity contribution is 9.11. The summed E-state index contributed by atoms with van der Waals surface area (Å²) in [4.78, 5) is 55.2. The largest absolute Gasteiger partial charge is 0.529 e. The van der Waals surface area contributed by atoms with Crippen LogP contribution in [0.15, 0.2) is 45.0 Å². The second kappa shape index (κ2) is 12.3. The van der Waals surface area contributed by atoms with Crippen molar-refractivity contribution in [1.29, 1.82) is 0 Å². The number of aromatic amines is 1. The van der Waals surface area contributed by atoms with Crippen LogP contribution in [0.3, 0.4) is 0 Å². The molecule has 13 nitrogen and oxygen atoms in total. The minimum absolute atomic E-state index is 0.0928. The maximum Gasteiger partial charge on any atom is 0.529 e. The number of ether oxygens (including phenoxy) is 1. The Balaban J connectivity index is 1.62. The van der Waals surface area contributed by atoms with Gasteiger partial charge in [0, 0.05) is 12.6 Å². The van der Waals surface area contributed by atoms with Gasteiger partial charge in [0.1, 0.15) is 18.1 Å². The number of carbonyl (C=O) groups is 1.